The van der Waals surface area contributed by atoms with Gasteiger partial charge in [0.25, 0.3) is 0 Å². The molecule has 18 heavy (non-hydrogen) atoms. The number of nitrogens with two attached hydrogens (primary N) is 1. The Labute approximate surface area is 112 Å². The second-order valence-corrected chi connectivity index (χ2v) is 4.77. The average Bonchev–Trinajstić information content (AvgIpc) is 2.57. The number of hydrogen-bond acceptors (Lipinski definition) is 3. The van der Waals surface area contributed by atoms with Crippen LogP contribution in [0.25, 0.3) is 5.69 Å². The Morgan fingerprint density at radius 3 is 2.61 bits per heavy atom. The quantitative estimate of drug-likeness (QED) is 0.835. The van der Waals surface area contributed by atoms with Gasteiger partial charge in [0.15, 0.2) is 0 Å². The summed E-state index contributed by atoms with van der Waals surface area (Å²) in [7, 11) is 0. The molecule has 2 rings (SSSR count). The SMILES string of the molecule is Cc1nn(-c2cc(C(=O)O)ccc2N)c(C)c1Br. The molecule has 0 saturated heterocycles. The van der Waals surface area contributed by atoms with Crippen LogP contribution in [0, 0.1) is 13.8 Å². The summed E-state index contributed by atoms with van der Waals surface area (Å²) in [6.07, 6.45) is 0. The van der Waals surface area contributed by atoms with Crippen molar-refractivity contribution in [3.05, 3.63) is 39.6 Å². The van der Waals surface area contributed by atoms with Gasteiger partial charge in [0.2, 0.25) is 0 Å². The van der Waals surface area contributed by atoms with Crippen LogP contribution >= 0.6 is 15.9 Å². The van der Waals surface area contributed by atoms with Crippen LogP contribution in [0.15, 0.2) is 22.7 Å². The summed E-state index contributed by atoms with van der Waals surface area (Å²) in [6.45, 7) is 3.75. The monoisotopic (exact) mass is 309 g/mol. The Bertz CT molecular complexity index is 634. The van der Waals surface area contributed by atoms with Crippen LogP contribution in [0.5, 0.6) is 0 Å². The number of nitrogen functional groups attached to an aromatic ring is 1. The fourth-order valence-electron chi connectivity index (χ4n) is 1.72. The fourth-order valence-corrected chi connectivity index (χ4v) is 1.97. The highest BCUT2D eigenvalue weighted by Gasteiger charge is 2.14. The van der Waals surface area contributed by atoms with Crippen molar-refractivity contribution < 1.29 is 9.90 Å². The summed E-state index contributed by atoms with van der Waals surface area (Å²) in [5.41, 5.74) is 8.82. The number of hydrogen-bond donors (Lipinski definition) is 2. The van der Waals surface area contributed by atoms with Crippen molar-refractivity contribution in [3.8, 4) is 5.69 Å². The number of aromatic nitrogens is 2. The number of halogens is 1. The Kier molecular flexibility index (Phi) is 3.13. The first-order chi connectivity index (χ1) is 8.41. The van der Waals surface area contributed by atoms with Gasteiger partial charge in [-0.1, -0.05) is 0 Å². The molecule has 0 spiro atoms. The largest absolute Gasteiger partial charge is 0.478 e. The van der Waals surface area contributed by atoms with Gasteiger partial charge in [0.1, 0.15) is 0 Å². The Morgan fingerprint density at radius 2 is 2.11 bits per heavy atom. The van der Waals surface area contributed by atoms with Crippen LogP contribution < -0.4 is 5.73 Å². The van der Waals surface area contributed by atoms with Gasteiger partial charge in [-0.05, 0) is 48.0 Å². The third kappa shape index (κ3) is 1.99. The molecule has 3 N–H and O–H groups in total. The number of aryl methyl sites for hydroxylation is 1. The van der Waals surface area contributed by atoms with Crippen molar-refractivity contribution in [1.82, 2.24) is 9.78 Å². The molecule has 1 aromatic heterocycles. The summed E-state index contributed by atoms with van der Waals surface area (Å²) in [5.74, 6) is -0.989. The molecule has 5 nitrogen and oxygen atoms in total. The first-order valence-electron chi connectivity index (χ1n) is 5.26. The molecule has 1 heterocycles. The van der Waals surface area contributed by atoms with E-state index in [2.05, 4.69) is 21.0 Å². The number of carboxylic acids is 1. The smallest absolute Gasteiger partial charge is 0.335 e. The Hall–Kier alpha value is -1.82. The predicted molar refractivity (Wildman–Crippen MR) is 72.1 cm³/mol. The topological polar surface area (TPSA) is 81.1 Å². The van der Waals surface area contributed by atoms with E-state index >= 15 is 0 Å². The lowest BCUT2D eigenvalue weighted by Crippen LogP contribution is -2.06. The molecule has 0 unspecified atom stereocenters. The van der Waals surface area contributed by atoms with E-state index in [1.54, 1.807) is 10.7 Å². The van der Waals surface area contributed by atoms with Crippen LogP contribution in [-0.4, -0.2) is 20.9 Å². The van der Waals surface area contributed by atoms with Gasteiger partial charge in [-0.3, -0.25) is 0 Å². The van der Waals surface area contributed by atoms with Crippen LogP contribution in [0.4, 0.5) is 5.69 Å². The van der Waals surface area contributed by atoms with Crippen molar-refractivity contribution in [1.29, 1.82) is 0 Å². The highest BCUT2D eigenvalue weighted by Crippen LogP contribution is 2.26. The van der Waals surface area contributed by atoms with Crippen molar-refractivity contribution in [2.24, 2.45) is 0 Å². The van der Waals surface area contributed by atoms with Crippen molar-refractivity contribution in [3.63, 3.8) is 0 Å². The van der Waals surface area contributed by atoms with Crippen molar-refractivity contribution >= 4 is 27.6 Å². The average molecular weight is 310 g/mol. The Morgan fingerprint density at radius 1 is 1.44 bits per heavy atom. The maximum Gasteiger partial charge on any atom is 0.335 e. The highest BCUT2D eigenvalue weighted by atomic mass is 79.9. The standard InChI is InChI=1S/C12H12BrN3O2/c1-6-11(13)7(2)16(15-6)10-5-8(12(17)18)3-4-9(10)14/h3-5H,14H2,1-2H3,(H,17,18). The maximum absolute atomic E-state index is 11.0. The molecular formula is C12H12BrN3O2. The van der Waals surface area contributed by atoms with Crippen LogP contribution in [0.1, 0.15) is 21.7 Å². The molecule has 0 radical (unpaired) electrons. The zero-order valence-corrected chi connectivity index (χ0v) is 11.5. The van der Waals surface area contributed by atoms with Crippen molar-refractivity contribution in [2.75, 3.05) is 5.73 Å². The molecule has 2 aromatic rings. The van der Waals surface area contributed by atoms with E-state index in [1.807, 2.05) is 13.8 Å². The Balaban J connectivity index is 2.66. The third-order valence-electron chi connectivity index (χ3n) is 2.71. The highest BCUT2D eigenvalue weighted by molar-refractivity contribution is 9.10. The zero-order chi connectivity index (χ0) is 13.4. The number of rotatable bonds is 2. The number of carboxylic acid groups (broad SMARTS) is 1. The van der Waals surface area contributed by atoms with Gasteiger partial charge in [0.05, 0.1) is 32.8 Å². The van der Waals surface area contributed by atoms with Gasteiger partial charge >= 0.3 is 5.97 Å². The van der Waals surface area contributed by atoms with Gasteiger partial charge in [-0.15, -0.1) is 0 Å². The predicted octanol–water partition coefficient (Wildman–Crippen LogP) is 2.53. The molecule has 0 aliphatic heterocycles. The van der Waals surface area contributed by atoms with Gasteiger partial charge in [-0.25, -0.2) is 9.48 Å². The van der Waals surface area contributed by atoms with E-state index in [4.69, 9.17) is 10.8 Å². The molecule has 0 bridgehead atoms. The van der Waals surface area contributed by atoms with Crippen molar-refractivity contribution in [2.45, 2.75) is 13.8 Å². The van der Waals surface area contributed by atoms with E-state index < -0.39 is 5.97 Å². The second-order valence-electron chi connectivity index (χ2n) is 3.98. The van der Waals surface area contributed by atoms with E-state index in [-0.39, 0.29) is 5.56 Å². The molecule has 1 aromatic carbocycles. The van der Waals surface area contributed by atoms with Gasteiger partial charge in [0, 0.05) is 0 Å². The van der Waals surface area contributed by atoms with Crippen LogP contribution in [0.3, 0.4) is 0 Å². The molecule has 0 atom stereocenters. The first-order valence-corrected chi connectivity index (χ1v) is 6.06. The molecule has 0 amide bonds. The molecule has 0 aliphatic carbocycles. The lowest BCUT2D eigenvalue weighted by atomic mass is 10.1. The molecule has 0 saturated carbocycles. The summed E-state index contributed by atoms with van der Waals surface area (Å²) in [5, 5.41) is 13.3. The minimum atomic E-state index is -0.989. The van der Waals surface area contributed by atoms with E-state index in [0.29, 0.717) is 11.4 Å². The fraction of sp³-hybridized carbons (Fsp3) is 0.167. The molecule has 0 fully saturated rings. The van der Waals surface area contributed by atoms with Gasteiger partial charge in [-0.2, -0.15) is 5.10 Å². The number of carbonyl (C=O) groups is 1. The van der Waals surface area contributed by atoms with E-state index in [1.165, 1.54) is 12.1 Å². The summed E-state index contributed by atoms with van der Waals surface area (Å²) in [6, 6.07) is 4.56. The zero-order valence-electron chi connectivity index (χ0n) is 9.94. The number of anilines is 1. The minimum absolute atomic E-state index is 0.183. The van der Waals surface area contributed by atoms with E-state index in [9.17, 15) is 4.79 Å². The summed E-state index contributed by atoms with van der Waals surface area (Å²) >= 11 is 3.43. The summed E-state index contributed by atoms with van der Waals surface area (Å²) < 4.78 is 2.53. The molecule has 6 heteroatoms. The lowest BCUT2D eigenvalue weighted by molar-refractivity contribution is 0.0697. The second kappa shape index (κ2) is 4.45. The van der Waals surface area contributed by atoms with Crippen LogP contribution in [-0.2, 0) is 0 Å². The normalized spacial score (nSPS) is 10.6. The van der Waals surface area contributed by atoms with Gasteiger partial charge < -0.3 is 10.8 Å². The number of benzene rings is 1. The maximum atomic E-state index is 11.0. The number of aromatic carboxylic acids is 1. The molecule has 0 aliphatic rings. The lowest BCUT2D eigenvalue weighted by Gasteiger charge is -2.09. The molecular weight excluding hydrogens is 298 g/mol. The minimum Gasteiger partial charge on any atom is -0.478 e. The summed E-state index contributed by atoms with van der Waals surface area (Å²) in [4.78, 5) is 11.0. The van der Waals surface area contributed by atoms with Crippen LogP contribution in [0.2, 0.25) is 0 Å². The first kappa shape index (κ1) is 12.6. The number of nitrogens with zero attached hydrogens (tertiary/aromatic N) is 2. The van der Waals surface area contributed by atoms with E-state index in [0.717, 1.165) is 15.9 Å². The third-order valence-corrected chi connectivity index (χ3v) is 3.86. The molecule has 94 valence electrons.